The second-order valence-corrected chi connectivity index (χ2v) is 11.0. The Labute approximate surface area is 193 Å². The highest BCUT2D eigenvalue weighted by atomic mass is 32.2. The molecule has 1 aliphatic heterocycles. The van der Waals surface area contributed by atoms with Crippen molar-refractivity contribution in [2.45, 2.75) is 44.6 Å². The Balaban J connectivity index is 1.80. The fourth-order valence-corrected chi connectivity index (χ4v) is 6.21. The van der Waals surface area contributed by atoms with Gasteiger partial charge in [0, 0.05) is 37.1 Å². The van der Waals surface area contributed by atoms with Crippen LogP contribution in [0.5, 0.6) is 0 Å². The number of likely N-dealkylation sites (N-methyl/N-ethyl adjacent to an activating group) is 1. The summed E-state index contributed by atoms with van der Waals surface area (Å²) in [5.41, 5.74) is 7.23. The molecule has 3 N–H and O–H groups in total. The van der Waals surface area contributed by atoms with E-state index in [4.69, 9.17) is 5.73 Å². The lowest BCUT2D eigenvalue weighted by Crippen LogP contribution is -2.30. The van der Waals surface area contributed by atoms with Gasteiger partial charge < -0.3 is 11.1 Å². The van der Waals surface area contributed by atoms with Crippen LogP contribution < -0.4 is 11.1 Å². The minimum atomic E-state index is -3.60. The molecule has 0 saturated heterocycles. The van der Waals surface area contributed by atoms with Gasteiger partial charge in [-0.15, -0.1) is 11.3 Å². The monoisotopic (exact) mass is 478 g/mol. The molecule has 10 heteroatoms. The van der Waals surface area contributed by atoms with Crippen LogP contribution in [-0.2, 0) is 23.0 Å². The normalized spacial score (nSPS) is 14.4. The van der Waals surface area contributed by atoms with Gasteiger partial charge in [0.15, 0.2) is 0 Å². The van der Waals surface area contributed by atoms with Crippen LogP contribution in [0.1, 0.15) is 57.8 Å². The summed E-state index contributed by atoms with van der Waals surface area (Å²) >= 11 is 1.37. The zero-order chi connectivity index (χ0) is 23.5. The molecule has 0 radical (unpaired) electrons. The quantitative estimate of drug-likeness (QED) is 0.575. The van der Waals surface area contributed by atoms with Gasteiger partial charge in [-0.3, -0.25) is 14.5 Å². The van der Waals surface area contributed by atoms with Gasteiger partial charge in [0.1, 0.15) is 5.00 Å². The second kappa shape index (κ2) is 10.1. The zero-order valence-corrected chi connectivity index (χ0v) is 20.3. The molecule has 0 bridgehead atoms. The second-order valence-electron chi connectivity index (χ2n) is 7.85. The average molecular weight is 479 g/mol. The topological polar surface area (TPSA) is 113 Å². The molecule has 2 aromatic rings. The van der Waals surface area contributed by atoms with Gasteiger partial charge in [-0.2, -0.15) is 0 Å². The Morgan fingerprint density at radius 3 is 2.50 bits per heavy atom. The number of nitrogens with zero attached hydrogens (tertiary/aromatic N) is 2. The number of hydrogen-bond donors (Lipinski definition) is 2. The minimum absolute atomic E-state index is 0.136. The number of amides is 2. The number of rotatable bonds is 9. The number of primary amides is 1. The van der Waals surface area contributed by atoms with Crippen LogP contribution in [0, 0.1) is 0 Å². The van der Waals surface area contributed by atoms with Crippen molar-refractivity contribution in [1.82, 2.24) is 9.21 Å². The predicted octanol–water partition coefficient (Wildman–Crippen LogP) is 2.90. The van der Waals surface area contributed by atoms with Crippen molar-refractivity contribution in [3.05, 3.63) is 45.8 Å². The van der Waals surface area contributed by atoms with Gasteiger partial charge in [-0.1, -0.05) is 20.3 Å². The summed E-state index contributed by atoms with van der Waals surface area (Å²) in [6, 6.07) is 5.82. The Bertz CT molecular complexity index is 1090. The third-order valence-corrected chi connectivity index (χ3v) is 8.71. The largest absolute Gasteiger partial charge is 0.365 e. The van der Waals surface area contributed by atoms with E-state index in [1.165, 1.54) is 39.9 Å². The first kappa shape index (κ1) is 24.4. The molecular weight excluding hydrogens is 448 g/mol. The van der Waals surface area contributed by atoms with E-state index in [1.807, 2.05) is 6.92 Å². The van der Waals surface area contributed by atoms with E-state index < -0.39 is 21.8 Å². The highest BCUT2D eigenvalue weighted by molar-refractivity contribution is 7.89. The lowest BCUT2D eigenvalue weighted by molar-refractivity contribution is 0.1000. The number of hydrogen-bond acceptors (Lipinski definition) is 6. The molecule has 2 amide bonds. The van der Waals surface area contributed by atoms with Crippen molar-refractivity contribution in [3.8, 4) is 0 Å². The number of thiophene rings is 1. The predicted molar refractivity (Wildman–Crippen MR) is 127 cm³/mol. The van der Waals surface area contributed by atoms with E-state index in [2.05, 4.69) is 17.1 Å². The molecule has 8 nitrogen and oxygen atoms in total. The molecule has 32 heavy (non-hydrogen) atoms. The summed E-state index contributed by atoms with van der Waals surface area (Å²) in [5.74, 6) is -0.971. The molecular formula is C22H30N4O4S2. The van der Waals surface area contributed by atoms with E-state index in [0.717, 1.165) is 42.9 Å². The number of carbonyl (C=O) groups excluding carboxylic acids is 2. The van der Waals surface area contributed by atoms with Gasteiger partial charge in [0.05, 0.1) is 10.5 Å². The molecule has 0 fully saturated rings. The number of nitrogens with two attached hydrogens (primary N) is 1. The first-order chi connectivity index (χ1) is 15.2. The maximum atomic E-state index is 12.8. The van der Waals surface area contributed by atoms with Crippen LogP contribution in [0.2, 0.25) is 0 Å². The Morgan fingerprint density at radius 1 is 1.22 bits per heavy atom. The van der Waals surface area contributed by atoms with Gasteiger partial charge >= 0.3 is 0 Å². The van der Waals surface area contributed by atoms with E-state index in [-0.39, 0.29) is 4.90 Å². The van der Waals surface area contributed by atoms with Crippen molar-refractivity contribution < 1.29 is 18.0 Å². The van der Waals surface area contributed by atoms with E-state index in [0.29, 0.717) is 29.1 Å². The summed E-state index contributed by atoms with van der Waals surface area (Å²) in [4.78, 5) is 28.4. The smallest absolute Gasteiger partial charge is 0.256 e. The highest BCUT2D eigenvalue weighted by Crippen LogP contribution is 2.37. The third kappa shape index (κ3) is 5.03. The molecule has 0 unspecified atom stereocenters. The number of benzene rings is 1. The van der Waals surface area contributed by atoms with Crippen LogP contribution in [0.3, 0.4) is 0 Å². The maximum Gasteiger partial charge on any atom is 0.256 e. The maximum absolute atomic E-state index is 12.8. The Morgan fingerprint density at radius 2 is 1.91 bits per heavy atom. The van der Waals surface area contributed by atoms with Crippen molar-refractivity contribution in [3.63, 3.8) is 0 Å². The molecule has 2 heterocycles. The highest BCUT2D eigenvalue weighted by Gasteiger charge is 2.27. The molecule has 0 saturated carbocycles. The van der Waals surface area contributed by atoms with Crippen molar-refractivity contribution >= 4 is 38.2 Å². The van der Waals surface area contributed by atoms with Crippen LogP contribution >= 0.6 is 11.3 Å². The molecule has 1 aromatic heterocycles. The summed E-state index contributed by atoms with van der Waals surface area (Å²) in [6.07, 6.45) is 2.39. The fourth-order valence-electron chi connectivity index (χ4n) is 3.71. The molecule has 174 valence electrons. The summed E-state index contributed by atoms with van der Waals surface area (Å²) in [7, 11) is -2.05. The number of fused-ring (bicyclic) bond motifs is 1. The van der Waals surface area contributed by atoms with Crippen molar-refractivity contribution in [2.75, 3.05) is 32.0 Å². The van der Waals surface area contributed by atoms with Crippen LogP contribution in [-0.4, -0.2) is 56.1 Å². The van der Waals surface area contributed by atoms with Crippen LogP contribution in [0.15, 0.2) is 29.2 Å². The number of nitrogens with one attached hydrogen (secondary N) is 1. The zero-order valence-electron chi connectivity index (χ0n) is 18.7. The Hall–Kier alpha value is -2.27. The van der Waals surface area contributed by atoms with Crippen LogP contribution in [0.4, 0.5) is 5.00 Å². The molecule has 0 aliphatic carbocycles. The first-order valence-electron chi connectivity index (χ1n) is 10.7. The van der Waals surface area contributed by atoms with Crippen LogP contribution in [0.25, 0.3) is 0 Å². The van der Waals surface area contributed by atoms with E-state index in [1.54, 1.807) is 7.05 Å². The van der Waals surface area contributed by atoms with Gasteiger partial charge in [0.2, 0.25) is 10.0 Å². The molecule has 1 aromatic carbocycles. The lowest BCUT2D eigenvalue weighted by atomic mass is 10.0. The molecule has 0 spiro atoms. The molecule has 0 atom stereocenters. The lowest BCUT2D eigenvalue weighted by Gasteiger charge is -2.25. The summed E-state index contributed by atoms with van der Waals surface area (Å²) in [6.45, 7) is 7.01. The molecule has 3 rings (SSSR count). The number of anilines is 1. The number of carbonyl (C=O) groups is 2. The third-order valence-electron chi connectivity index (χ3n) is 5.71. The minimum Gasteiger partial charge on any atom is -0.365 e. The van der Waals surface area contributed by atoms with E-state index >= 15 is 0 Å². The summed E-state index contributed by atoms with van der Waals surface area (Å²) < 4.78 is 26.7. The number of unbranched alkanes of at least 4 members (excludes halogenated alkanes) is 1. The number of sulfonamides is 1. The summed E-state index contributed by atoms with van der Waals surface area (Å²) in [5, 5.41) is 3.25. The Kier molecular flexibility index (Phi) is 7.71. The van der Waals surface area contributed by atoms with Crippen molar-refractivity contribution in [1.29, 1.82) is 0 Å². The van der Waals surface area contributed by atoms with Crippen molar-refractivity contribution in [2.24, 2.45) is 5.73 Å². The SMILES string of the molecule is CCCCN(C)S(=O)(=O)c1ccc(C(=O)Nc2sc3c(c2C(N)=O)CCN(CC)C3)cc1. The van der Waals surface area contributed by atoms with Gasteiger partial charge in [-0.05, 0) is 49.2 Å². The standard InChI is InChI=1S/C22H30N4O4S2/c1-4-6-12-25(3)32(29,30)16-9-7-15(8-10-16)21(28)24-22-19(20(23)27)17-11-13-26(5-2)14-18(17)31-22/h7-10H,4-6,11-14H2,1-3H3,(H2,23,27)(H,24,28). The first-order valence-corrected chi connectivity index (χ1v) is 13.0. The molecule has 1 aliphatic rings. The average Bonchev–Trinajstić information content (AvgIpc) is 3.14. The van der Waals surface area contributed by atoms with Gasteiger partial charge in [0.25, 0.3) is 11.8 Å². The van der Waals surface area contributed by atoms with Gasteiger partial charge in [-0.25, -0.2) is 12.7 Å². The fraction of sp³-hybridized carbons (Fsp3) is 0.455. The van der Waals surface area contributed by atoms with E-state index in [9.17, 15) is 18.0 Å².